The Morgan fingerprint density at radius 3 is 2.71 bits per heavy atom. The predicted molar refractivity (Wildman–Crippen MR) is 70.6 cm³/mol. The van der Waals surface area contributed by atoms with E-state index in [2.05, 4.69) is 10.5 Å². The van der Waals surface area contributed by atoms with Crippen LogP contribution < -0.4 is 5.43 Å². The van der Waals surface area contributed by atoms with Crippen molar-refractivity contribution >= 4 is 23.5 Å². The first-order valence-corrected chi connectivity index (χ1v) is 6.08. The number of carbonyl (C=O) groups excluding carboxylic acids is 1. The normalized spacial score (nSPS) is 10.6. The van der Waals surface area contributed by atoms with E-state index in [-0.39, 0.29) is 5.91 Å². The van der Waals surface area contributed by atoms with Crippen LogP contribution in [-0.4, -0.2) is 12.1 Å². The van der Waals surface area contributed by atoms with Gasteiger partial charge in [-0.3, -0.25) is 4.79 Å². The van der Waals surface area contributed by atoms with Crippen LogP contribution in [0.3, 0.4) is 0 Å². The van der Waals surface area contributed by atoms with Crippen molar-refractivity contribution in [2.24, 2.45) is 5.10 Å². The summed E-state index contributed by atoms with van der Waals surface area (Å²) in [5, 5.41) is 5.93. The largest absolute Gasteiger partial charge is 0.271 e. The maximum absolute atomic E-state index is 11.6. The van der Waals surface area contributed by atoms with Gasteiger partial charge >= 0.3 is 0 Å². The molecule has 0 atom stereocenters. The zero-order valence-corrected chi connectivity index (χ0v) is 10.2. The third-order valence-corrected chi connectivity index (χ3v) is 3.24. The molecule has 0 aliphatic heterocycles. The minimum Gasteiger partial charge on any atom is -0.267 e. The van der Waals surface area contributed by atoms with Gasteiger partial charge in [-0.05, 0) is 36.1 Å². The first-order chi connectivity index (χ1) is 8.27. The fourth-order valence-electron chi connectivity index (χ4n) is 1.32. The summed E-state index contributed by atoms with van der Waals surface area (Å²) in [6.45, 7) is 2.01. The Kier molecular flexibility index (Phi) is 3.67. The van der Waals surface area contributed by atoms with E-state index < -0.39 is 0 Å². The molecule has 0 saturated carbocycles. The maximum atomic E-state index is 11.6. The molecule has 0 fully saturated rings. The van der Waals surface area contributed by atoms with E-state index in [0.717, 1.165) is 10.4 Å². The van der Waals surface area contributed by atoms with Gasteiger partial charge in [0.25, 0.3) is 5.91 Å². The second kappa shape index (κ2) is 5.41. The summed E-state index contributed by atoms with van der Waals surface area (Å²) < 4.78 is 0. The molecule has 1 amide bonds. The van der Waals surface area contributed by atoms with Gasteiger partial charge in [-0.25, -0.2) is 5.43 Å². The number of nitrogens with one attached hydrogen (secondary N) is 1. The van der Waals surface area contributed by atoms with Gasteiger partial charge in [-0.1, -0.05) is 18.2 Å². The van der Waals surface area contributed by atoms with E-state index in [0.29, 0.717) is 5.56 Å². The highest BCUT2D eigenvalue weighted by atomic mass is 32.1. The van der Waals surface area contributed by atoms with Crippen LogP contribution >= 0.6 is 11.3 Å². The Morgan fingerprint density at radius 2 is 2.06 bits per heavy atom. The van der Waals surface area contributed by atoms with Crippen molar-refractivity contribution in [1.29, 1.82) is 0 Å². The van der Waals surface area contributed by atoms with Gasteiger partial charge in [0.15, 0.2) is 0 Å². The van der Waals surface area contributed by atoms with Crippen molar-refractivity contribution < 1.29 is 4.79 Å². The van der Waals surface area contributed by atoms with Crippen LogP contribution in [0.4, 0.5) is 0 Å². The number of nitrogens with zero attached hydrogens (tertiary/aromatic N) is 1. The Balaban J connectivity index is 1.97. The summed E-state index contributed by atoms with van der Waals surface area (Å²) >= 11 is 1.60. The Morgan fingerprint density at radius 1 is 1.29 bits per heavy atom. The van der Waals surface area contributed by atoms with E-state index in [9.17, 15) is 4.79 Å². The Hall–Kier alpha value is -1.94. The molecular formula is C13H12N2OS. The van der Waals surface area contributed by atoms with Gasteiger partial charge in [-0.2, -0.15) is 5.10 Å². The molecule has 0 saturated heterocycles. The molecule has 1 aromatic heterocycles. The third-order valence-electron chi connectivity index (χ3n) is 2.29. The molecule has 1 N–H and O–H groups in total. The predicted octanol–water partition coefficient (Wildman–Crippen LogP) is 2.82. The number of hydrogen-bond acceptors (Lipinski definition) is 3. The smallest absolute Gasteiger partial charge is 0.267 e. The van der Waals surface area contributed by atoms with Crippen molar-refractivity contribution in [3.05, 3.63) is 57.8 Å². The van der Waals surface area contributed by atoms with Crippen molar-refractivity contribution in [1.82, 2.24) is 5.43 Å². The first-order valence-electron chi connectivity index (χ1n) is 5.20. The van der Waals surface area contributed by atoms with E-state index >= 15 is 0 Å². The fraction of sp³-hybridized carbons (Fsp3) is 0.0769. The van der Waals surface area contributed by atoms with Crippen molar-refractivity contribution in [3.63, 3.8) is 0 Å². The molecule has 1 heterocycles. The van der Waals surface area contributed by atoms with Gasteiger partial charge in [0, 0.05) is 10.4 Å². The number of aryl methyl sites for hydroxylation is 1. The molecule has 1 aromatic carbocycles. The fourth-order valence-corrected chi connectivity index (χ4v) is 2.11. The van der Waals surface area contributed by atoms with Gasteiger partial charge in [0.2, 0.25) is 0 Å². The minimum atomic E-state index is -0.198. The van der Waals surface area contributed by atoms with E-state index in [1.165, 1.54) is 0 Å². The second-order valence-electron chi connectivity index (χ2n) is 3.53. The summed E-state index contributed by atoms with van der Waals surface area (Å²) in [5.74, 6) is -0.198. The third kappa shape index (κ3) is 3.01. The van der Waals surface area contributed by atoms with Crippen LogP contribution in [0.25, 0.3) is 0 Å². The van der Waals surface area contributed by atoms with E-state index in [1.54, 1.807) is 29.7 Å². The number of thiophene rings is 1. The number of hydrazone groups is 1. The van der Waals surface area contributed by atoms with Crippen molar-refractivity contribution in [2.75, 3.05) is 0 Å². The molecular weight excluding hydrogens is 232 g/mol. The monoisotopic (exact) mass is 244 g/mol. The zero-order valence-electron chi connectivity index (χ0n) is 9.38. The highest BCUT2D eigenvalue weighted by molar-refractivity contribution is 7.11. The highest BCUT2D eigenvalue weighted by Crippen LogP contribution is 2.12. The maximum Gasteiger partial charge on any atom is 0.271 e. The van der Waals surface area contributed by atoms with Gasteiger partial charge in [-0.15, -0.1) is 11.3 Å². The summed E-state index contributed by atoms with van der Waals surface area (Å²) in [4.78, 5) is 12.7. The molecule has 17 heavy (non-hydrogen) atoms. The molecule has 0 spiro atoms. The van der Waals surface area contributed by atoms with Crippen molar-refractivity contribution in [3.8, 4) is 0 Å². The summed E-state index contributed by atoms with van der Waals surface area (Å²) in [6, 6.07) is 11.0. The van der Waals surface area contributed by atoms with E-state index in [1.807, 2.05) is 36.6 Å². The lowest BCUT2D eigenvalue weighted by molar-refractivity contribution is 0.0955. The summed E-state index contributed by atoms with van der Waals surface area (Å²) in [5.41, 5.74) is 4.27. The Labute approximate surface area is 104 Å². The van der Waals surface area contributed by atoms with Gasteiger partial charge in [0.05, 0.1) is 6.21 Å². The molecule has 2 rings (SSSR count). The van der Waals surface area contributed by atoms with Crippen LogP contribution in [-0.2, 0) is 0 Å². The van der Waals surface area contributed by atoms with Crippen LogP contribution in [0.5, 0.6) is 0 Å². The SMILES string of the molecule is Cc1ccsc1/C=N/NC(=O)c1ccccc1. The molecule has 4 heteroatoms. The lowest BCUT2D eigenvalue weighted by Gasteiger charge is -1.98. The van der Waals surface area contributed by atoms with Gasteiger partial charge in [0.1, 0.15) is 0 Å². The van der Waals surface area contributed by atoms with E-state index in [4.69, 9.17) is 0 Å². The summed E-state index contributed by atoms with van der Waals surface area (Å²) in [6.07, 6.45) is 1.67. The molecule has 0 bridgehead atoms. The number of carbonyl (C=O) groups is 1. The number of rotatable bonds is 3. The molecule has 0 radical (unpaired) electrons. The standard InChI is InChI=1S/C13H12N2OS/c1-10-7-8-17-12(10)9-14-15-13(16)11-5-3-2-4-6-11/h2-9H,1H3,(H,15,16)/b14-9+. The molecule has 0 unspecified atom stereocenters. The van der Waals surface area contributed by atoms with Crippen LogP contribution in [0.2, 0.25) is 0 Å². The van der Waals surface area contributed by atoms with Crippen LogP contribution in [0, 0.1) is 6.92 Å². The average Bonchev–Trinajstić information content (AvgIpc) is 2.76. The molecule has 3 nitrogen and oxygen atoms in total. The first kappa shape index (κ1) is 11.5. The molecule has 2 aromatic rings. The van der Waals surface area contributed by atoms with Gasteiger partial charge < -0.3 is 0 Å². The number of amides is 1. The lowest BCUT2D eigenvalue weighted by atomic mass is 10.2. The second-order valence-corrected chi connectivity index (χ2v) is 4.48. The number of hydrogen-bond donors (Lipinski definition) is 1. The molecule has 86 valence electrons. The number of benzene rings is 1. The van der Waals surface area contributed by atoms with Crippen LogP contribution in [0.1, 0.15) is 20.8 Å². The Bertz CT molecular complexity index is 531. The highest BCUT2D eigenvalue weighted by Gasteiger charge is 2.01. The molecule has 0 aliphatic carbocycles. The molecule has 0 aliphatic rings. The zero-order chi connectivity index (χ0) is 12.1. The lowest BCUT2D eigenvalue weighted by Crippen LogP contribution is -2.17. The minimum absolute atomic E-state index is 0.198. The average molecular weight is 244 g/mol. The van der Waals surface area contributed by atoms with Crippen LogP contribution in [0.15, 0.2) is 46.9 Å². The topological polar surface area (TPSA) is 41.5 Å². The van der Waals surface area contributed by atoms with Crippen molar-refractivity contribution in [2.45, 2.75) is 6.92 Å². The quantitative estimate of drug-likeness (QED) is 0.654. The summed E-state index contributed by atoms with van der Waals surface area (Å²) in [7, 11) is 0.